The van der Waals surface area contributed by atoms with E-state index in [0.717, 1.165) is 25.2 Å². The number of hydrogen-bond donors (Lipinski definition) is 0. The van der Waals surface area contributed by atoms with E-state index < -0.39 is 0 Å². The SMILES string of the molecule is Brc1cc(Br)c(CCn2cc3c(ncn4nc(-c5ccco5)nc34)n2)cc1Br. The van der Waals surface area contributed by atoms with Crippen LogP contribution in [0.3, 0.4) is 0 Å². The van der Waals surface area contributed by atoms with Crippen molar-refractivity contribution in [1.82, 2.24) is 29.4 Å². The monoisotopic (exact) mass is 564 g/mol. The predicted octanol–water partition coefficient (Wildman–Crippen LogP) is 5.26. The molecule has 0 atom stereocenters. The third kappa shape index (κ3) is 3.19. The van der Waals surface area contributed by atoms with Crippen LogP contribution in [0.4, 0.5) is 0 Å². The molecule has 1 aromatic carbocycles. The van der Waals surface area contributed by atoms with Gasteiger partial charge in [-0.3, -0.25) is 4.68 Å². The quantitative estimate of drug-likeness (QED) is 0.277. The maximum absolute atomic E-state index is 5.39. The van der Waals surface area contributed by atoms with Gasteiger partial charge in [-0.05, 0) is 68.1 Å². The molecule has 0 unspecified atom stereocenters. The van der Waals surface area contributed by atoms with Gasteiger partial charge < -0.3 is 4.42 Å². The van der Waals surface area contributed by atoms with E-state index in [-0.39, 0.29) is 0 Å². The molecule has 0 aliphatic heterocycles. The summed E-state index contributed by atoms with van der Waals surface area (Å²) >= 11 is 10.7. The Kier molecular flexibility index (Phi) is 4.56. The first-order valence-electron chi connectivity index (χ1n) is 8.34. The van der Waals surface area contributed by atoms with Crippen molar-refractivity contribution in [3.05, 3.63) is 62.0 Å². The predicted molar refractivity (Wildman–Crippen MR) is 115 cm³/mol. The van der Waals surface area contributed by atoms with Gasteiger partial charge in [0, 0.05) is 26.2 Å². The average Bonchev–Trinajstić information content (AvgIpc) is 3.41. The number of furan rings is 1. The number of hydrogen-bond acceptors (Lipinski definition) is 5. The second-order valence-corrected chi connectivity index (χ2v) is 8.73. The highest BCUT2D eigenvalue weighted by molar-refractivity contribution is 9.13. The van der Waals surface area contributed by atoms with Gasteiger partial charge in [-0.1, -0.05) is 15.9 Å². The van der Waals surface area contributed by atoms with Crippen LogP contribution in [0.5, 0.6) is 0 Å². The van der Waals surface area contributed by atoms with Crippen LogP contribution < -0.4 is 0 Å². The summed E-state index contributed by atoms with van der Waals surface area (Å²) in [6.07, 6.45) is 6.00. The molecule has 0 bridgehead atoms. The van der Waals surface area contributed by atoms with Gasteiger partial charge >= 0.3 is 0 Å². The summed E-state index contributed by atoms with van der Waals surface area (Å²) in [5.41, 5.74) is 2.53. The summed E-state index contributed by atoms with van der Waals surface area (Å²) in [4.78, 5) is 8.99. The van der Waals surface area contributed by atoms with Crippen LogP contribution >= 0.6 is 47.8 Å². The number of halogens is 3. The van der Waals surface area contributed by atoms with Crippen LogP contribution in [0.1, 0.15) is 5.56 Å². The van der Waals surface area contributed by atoms with Crippen LogP contribution in [-0.4, -0.2) is 29.4 Å². The van der Waals surface area contributed by atoms with Crippen molar-refractivity contribution in [3.63, 3.8) is 0 Å². The Morgan fingerprint density at radius 2 is 1.89 bits per heavy atom. The molecule has 0 aliphatic carbocycles. The molecule has 5 rings (SSSR count). The molecule has 0 saturated heterocycles. The minimum Gasteiger partial charge on any atom is -0.461 e. The first-order valence-corrected chi connectivity index (χ1v) is 10.7. The number of aromatic nitrogens is 6. The highest BCUT2D eigenvalue weighted by Gasteiger charge is 2.14. The third-order valence-electron chi connectivity index (χ3n) is 4.34. The van der Waals surface area contributed by atoms with E-state index >= 15 is 0 Å². The largest absolute Gasteiger partial charge is 0.461 e. The van der Waals surface area contributed by atoms with E-state index in [4.69, 9.17) is 4.42 Å². The van der Waals surface area contributed by atoms with E-state index in [0.29, 0.717) is 29.4 Å². The Morgan fingerprint density at radius 1 is 1.04 bits per heavy atom. The van der Waals surface area contributed by atoms with Gasteiger partial charge in [0.1, 0.15) is 6.33 Å². The molecular weight excluding hydrogens is 556 g/mol. The number of nitrogens with zero attached hydrogens (tertiary/aromatic N) is 6. The lowest BCUT2D eigenvalue weighted by atomic mass is 10.1. The average molecular weight is 567 g/mol. The smallest absolute Gasteiger partial charge is 0.217 e. The second kappa shape index (κ2) is 7.09. The van der Waals surface area contributed by atoms with Crippen LogP contribution in [0.25, 0.3) is 28.3 Å². The fourth-order valence-corrected chi connectivity index (χ4v) is 4.56. The molecule has 7 nitrogen and oxygen atoms in total. The van der Waals surface area contributed by atoms with Crippen LogP contribution in [0.15, 0.2) is 60.9 Å². The minimum atomic E-state index is 0.524. The summed E-state index contributed by atoms with van der Waals surface area (Å²) < 4.78 is 12.0. The molecule has 0 amide bonds. The maximum atomic E-state index is 5.39. The Morgan fingerprint density at radius 3 is 2.71 bits per heavy atom. The van der Waals surface area contributed by atoms with Crippen molar-refractivity contribution in [2.45, 2.75) is 13.0 Å². The topological polar surface area (TPSA) is 74.0 Å². The number of benzene rings is 1. The van der Waals surface area contributed by atoms with Gasteiger partial charge in [-0.25, -0.2) is 14.5 Å². The zero-order valence-electron chi connectivity index (χ0n) is 14.2. The van der Waals surface area contributed by atoms with Crippen LogP contribution in [0, 0.1) is 0 Å². The Balaban J connectivity index is 1.48. The van der Waals surface area contributed by atoms with Gasteiger partial charge in [0.15, 0.2) is 17.1 Å². The fourth-order valence-electron chi connectivity index (χ4n) is 2.98. The van der Waals surface area contributed by atoms with Crippen molar-refractivity contribution in [2.75, 3.05) is 0 Å². The van der Waals surface area contributed by atoms with Crippen molar-refractivity contribution in [2.24, 2.45) is 0 Å². The zero-order valence-corrected chi connectivity index (χ0v) is 18.9. The maximum Gasteiger partial charge on any atom is 0.217 e. The molecule has 4 aromatic heterocycles. The van der Waals surface area contributed by atoms with Crippen LogP contribution in [0.2, 0.25) is 0 Å². The first-order chi connectivity index (χ1) is 13.6. The lowest BCUT2D eigenvalue weighted by Gasteiger charge is -2.07. The highest BCUT2D eigenvalue weighted by atomic mass is 79.9. The summed E-state index contributed by atoms with van der Waals surface area (Å²) in [7, 11) is 0. The lowest BCUT2D eigenvalue weighted by Crippen LogP contribution is -2.02. The first kappa shape index (κ1) is 18.0. The Hall–Kier alpha value is -2.04. The van der Waals surface area contributed by atoms with Crippen molar-refractivity contribution in [3.8, 4) is 11.6 Å². The Labute approximate surface area is 184 Å². The molecule has 5 aromatic rings. The second-order valence-electron chi connectivity index (χ2n) is 6.16. The van der Waals surface area contributed by atoms with E-state index in [1.807, 2.05) is 29.1 Å². The summed E-state index contributed by atoms with van der Waals surface area (Å²) in [6.45, 7) is 0.717. The zero-order chi connectivity index (χ0) is 19.3. The van der Waals surface area contributed by atoms with Crippen molar-refractivity contribution >= 4 is 64.5 Å². The van der Waals surface area contributed by atoms with Gasteiger partial charge in [0.2, 0.25) is 5.82 Å². The van der Waals surface area contributed by atoms with Gasteiger partial charge in [-0.15, -0.1) is 5.10 Å². The normalized spacial score (nSPS) is 11.7. The standard InChI is InChI=1S/C18H11Br3N6O/c19-12-7-14(21)13(20)6-10(12)3-4-26-8-11-16(24-26)22-9-27-18(11)23-17(25-27)15-2-1-5-28-15/h1-2,5-9H,3-4H2. The van der Waals surface area contributed by atoms with E-state index in [9.17, 15) is 0 Å². The molecular formula is C18H11Br3N6O. The number of aryl methyl sites for hydroxylation is 2. The number of fused-ring (bicyclic) bond motifs is 3. The highest BCUT2D eigenvalue weighted by Crippen LogP contribution is 2.30. The molecule has 28 heavy (non-hydrogen) atoms. The molecule has 0 spiro atoms. The van der Waals surface area contributed by atoms with Gasteiger partial charge in [0.05, 0.1) is 11.6 Å². The molecule has 10 heteroatoms. The summed E-state index contributed by atoms with van der Waals surface area (Å²) in [5, 5.41) is 9.87. The summed E-state index contributed by atoms with van der Waals surface area (Å²) in [5.74, 6) is 1.14. The lowest BCUT2D eigenvalue weighted by molar-refractivity contribution is 0.577. The van der Waals surface area contributed by atoms with E-state index in [1.54, 1.807) is 17.1 Å². The molecule has 0 N–H and O–H groups in total. The molecule has 0 radical (unpaired) electrons. The third-order valence-corrected chi connectivity index (χ3v) is 6.93. The summed E-state index contributed by atoms with van der Waals surface area (Å²) in [6, 6.07) is 7.78. The molecule has 0 fully saturated rings. The van der Waals surface area contributed by atoms with Crippen LogP contribution in [-0.2, 0) is 13.0 Å². The molecule has 0 aliphatic rings. The van der Waals surface area contributed by atoms with Gasteiger partial charge in [-0.2, -0.15) is 5.10 Å². The molecule has 0 saturated carbocycles. The number of rotatable bonds is 4. The van der Waals surface area contributed by atoms with E-state index in [2.05, 4.69) is 74.0 Å². The van der Waals surface area contributed by atoms with Gasteiger partial charge in [0.25, 0.3) is 0 Å². The molecule has 140 valence electrons. The fraction of sp³-hybridized carbons (Fsp3) is 0.111. The van der Waals surface area contributed by atoms with Crippen molar-refractivity contribution < 1.29 is 4.42 Å². The Bertz CT molecular complexity index is 1310. The molecule has 4 heterocycles. The van der Waals surface area contributed by atoms with Crippen molar-refractivity contribution in [1.29, 1.82) is 0 Å². The minimum absolute atomic E-state index is 0.524. The van der Waals surface area contributed by atoms with E-state index in [1.165, 1.54) is 5.56 Å².